The van der Waals surface area contributed by atoms with Crippen molar-refractivity contribution in [1.29, 1.82) is 0 Å². The van der Waals surface area contributed by atoms with E-state index in [-0.39, 0.29) is 5.82 Å². The van der Waals surface area contributed by atoms with E-state index in [0.29, 0.717) is 18.5 Å². The van der Waals surface area contributed by atoms with E-state index in [2.05, 4.69) is 34.7 Å². The minimum absolute atomic E-state index is 0.157. The van der Waals surface area contributed by atoms with E-state index < -0.39 is 0 Å². The molecular weight excluding hydrogens is 317 g/mol. The van der Waals surface area contributed by atoms with Crippen molar-refractivity contribution in [3.8, 4) is 0 Å². The lowest BCUT2D eigenvalue weighted by Gasteiger charge is -2.30. The first-order valence-corrected chi connectivity index (χ1v) is 7.69. The average molecular weight is 337 g/mol. The maximum absolute atomic E-state index is 13.8. The van der Waals surface area contributed by atoms with Gasteiger partial charge in [0.1, 0.15) is 5.82 Å². The van der Waals surface area contributed by atoms with E-state index in [1.165, 1.54) is 6.07 Å². The minimum Gasteiger partial charge on any atom is -0.295 e. The highest BCUT2D eigenvalue weighted by molar-refractivity contribution is 9.10. The minimum atomic E-state index is -0.157. The lowest BCUT2D eigenvalue weighted by Crippen LogP contribution is -2.35. The van der Waals surface area contributed by atoms with Gasteiger partial charge >= 0.3 is 0 Å². The van der Waals surface area contributed by atoms with E-state index >= 15 is 0 Å². The molecule has 1 aromatic carbocycles. The molecule has 0 aliphatic carbocycles. The first-order chi connectivity index (χ1) is 8.62. The highest BCUT2D eigenvalue weighted by Gasteiger charge is 2.16. The van der Waals surface area contributed by atoms with Crippen LogP contribution in [0.4, 0.5) is 4.39 Å². The molecule has 0 amide bonds. The van der Waals surface area contributed by atoms with Crippen LogP contribution < -0.4 is 0 Å². The number of nitrogens with zero attached hydrogens (tertiary/aromatic N) is 1. The number of halogens is 3. The van der Waals surface area contributed by atoms with Crippen molar-refractivity contribution in [3.05, 3.63) is 34.1 Å². The van der Waals surface area contributed by atoms with Crippen LogP contribution in [0.3, 0.4) is 0 Å². The van der Waals surface area contributed by atoms with Gasteiger partial charge in [0.25, 0.3) is 0 Å². The summed E-state index contributed by atoms with van der Waals surface area (Å²) in [6.07, 6.45) is 2.12. The zero-order chi connectivity index (χ0) is 13.5. The molecule has 0 aliphatic heterocycles. The van der Waals surface area contributed by atoms with E-state index in [0.717, 1.165) is 29.4 Å². The third-order valence-corrected chi connectivity index (χ3v) is 3.88. The summed E-state index contributed by atoms with van der Waals surface area (Å²) < 4.78 is 14.6. The SMILES string of the molecule is CCC(CC)N(CCCl)Cc1ccc(Br)cc1F. The Labute approximate surface area is 122 Å². The molecule has 18 heavy (non-hydrogen) atoms. The molecule has 0 aliphatic rings. The molecule has 0 bridgehead atoms. The molecule has 0 saturated heterocycles. The lowest BCUT2D eigenvalue weighted by atomic mass is 10.1. The highest BCUT2D eigenvalue weighted by Crippen LogP contribution is 2.19. The van der Waals surface area contributed by atoms with Crippen molar-refractivity contribution < 1.29 is 4.39 Å². The Morgan fingerprint density at radius 2 is 2.00 bits per heavy atom. The third kappa shape index (κ3) is 4.52. The van der Waals surface area contributed by atoms with Crippen molar-refractivity contribution >= 4 is 27.5 Å². The number of rotatable bonds is 7. The topological polar surface area (TPSA) is 3.24 Å². The van der Waals surface area contributed by atoms with Gasteiger partial charge in [-0.3, -0.25) is 4.90 Å². The second kappa shape index (κ2) is 8.13. The molecule has 0 aromatic heterocycles. The molecule has 1 rings (SSSR count). The molecule has 4 heteroatoms. The molecule has 1 nitrogen and oxygen atoms in total. The van der Waals surface area contributed by atoms with Gasteiger partial charge in [-0.2, -0.15) is 0 Å². The van der Waals surface area contributed by atoms with Gasteiger partial charge in [-0.05, 0) is 25.0 Å². The normalized spacial score (nSPS) is 11.5. The molecular formula is C14H20BrClFN. The Morgan fingerprint density at radius 3 is 2.50 bits per heavy atom. The zero-order valence-electron chi connectivity index (χ0n) is 10.9. The number of alkyl halides is 1. The van der Waals surface area contributed by atoms with Crippen LogP contribution in [0.15, 0.2) is 22.7 Å². The molecule has 0 spiro atoms. The fourth-order valence-electron chi connectivity index (χ4n) is 2.17. The molecule has 0 atom stereocenters. The van der Waals surface area contributed by atoms with Gasteiger partial charge in [0.05, 0.1) is 0 Å². The molecule has 0 radical (unpaired) electrons. The quantitative estimate of drug-likeness (QED) is 0.645. The molecule has 0 N–H and O–H groups in total. The van der Waals surface area contributed by atoms with Crippen molar-refractivity contribution in [2.24, 2.45) is 0 Å². The average Bonchev–Trinajstić information content (AvgIpc) is 2.34. The van der Waals surface area contributed by atoms with Gasteiger partial charge in [-0.25, -0.2) is 4.39 Å². The van der Waals surface area contributed by atoms with Gasteiger partial charge in [0.15, 0.2) is 0 Å². The summed E-state index contributed by atoms with van der Waals surface area (Å²) in [5.74, 6) is 0.421. The molecule has 102 valence electrons. The summed E-state index contributed by atoms with van der Waals surface area (Å²) in [6, 6.07) is 5.70. The van der Waals surface area contributed by atoms with Crippen LogP contribution in [0.2, 0.25) is 0 Å². The molecule has 0 saturated carbocycles. The smallest absolute Gasteiger partial charge is 0.128 e. The first-order valence-electron chi connectivity index (χ1n) is 6.36. The Balaban J connectivity index is 2.82. The fraction of sp³-hybridized carbons (Fsp3) is 0.571. The number of hydrogen-bond donors (Lipinski definition) is 0. The van der Waals surface area contributed by atoms with Crippen molar-refractivity contribution in [3.63, 3.8) is 0 Å². The largest absolute Gasteiger partial charge is 0.295 e. The molecule has 0 fully saturated rings. The number of benzene rings is 1. The predicted octanol–water partition coefficient (Wildman–Crippen LogP) is 4.82. The summed E-state index contributed by atoms with van der Waals surface area (Å²) >= 11 is 9.12. The first kappa shape index (κ1) is 15.9. The molecule has 0 unspecified atom stereocenters. The second-order valence-electron chi connectivity index (χ2n) is 4.37. The monoisotopic (exact) mass is 335 g/mol. The third-order valence-electron chi connectivity index (χ3n) is 3.22. The van der Waals surface area contributed by atoms with Crippen molar-refractivity contribution in [2.75, 3.05) is 12.4 Å². The van der Waals surface area contributed by atoms with Gasteiger partial charge in [-0.15, -0.1) is 11.6 Å². The van der Waals surface area contributed by atoms with Crippen LogP contribution in [-0.4, -0.2) is 23.4 Å². The van der Waals surface area contributed by atoms with Gasteiger partial charge in [0, 0.05) is 35.0 Å². The van der Waals surface area contributed by atoms with Gasteiger partial charge in [0.2, 0.25) is 0 Å². The summed E-state index contributed by atoms with van der Waals surface area (Å²) in [5.41, 5.74) is 0.732. The van der Waals surface area contributed by atoms with E-state index in [9.17, 15) is 4.39 Å². The van der Waals surface area contributed by atoms with Gasteiger partial charge in [-0.1, -0.05) is 35.8 Å². The molecule has 1 aromatic rings. The summed E-state index contributed by atoms with van der Waals surface area (Å²) in [6.45, 7) is 5.74. The second-order valence-corrected chi connectivity index (χ2v) is 5.66. The standard InChI is InChI=1S/C14H20BrClFN/c1-3-13(4-2)18(8-7-16)10-11-5-6-12(15)9-14(11)17/h5-6,9,13H,3-4,7-8,10H2,1-2H3. The summed E-state index contributed by atoms with van der Waals surface area (Å²) in [7, 11) is 0. The van der Waals surface area contributed by atoms with Crippen molar-refractivity contribution in [1.82, 2.24) is 4.90 Å². The maximum Gasteiger partial charge on any atom is 0.128 e. The Bertz CT molecular complexity index is 369. The fourth-order valence-corrected chi connectivity index (χ4v) is 2.72. The summed E-state index contributed by atoms with van der Waals surface area (Å²) in [5, 5.41) is 0. The van der Waals surface area contributed by atoms with Gasteiger partial charge < -0.3 is 0 Å². The maximum atomic E-state index is 13.8. The highest BCUT2D eigenvalue weighted by atomic mass is 79.9. The lowest BCUT2D eigenvalue weighted by molar-refractivity contribution is 0.186. The van der Waals surface area contributed by atoms with E-state index in [1.807, 2.05) is 12.1 Å². The van der Waals surface area contributed by atoms with Crippen molar-refractivity contribution in [2.45, 2.75) is 39.3 Å². The van der Waals surface area contributed by atoms with Crippen LogP contribution in [0.5, 0.6) is 0 Å². The zero-order valence-corrected chi connectivity index (χ0v) is 13.3. The molecule has 0 heterocycles. The van der Waals surface area contributed by atoms with E-state index in [1.54, 1.807) is 0 Å². The van der Waals surface area contributed by atoms with Crippen LogP contribution in [0.1, 0.15) is 32.3 Å². The Morgan fingerprint density at radius 1 is 1.33 bits per heavy atom. The predicted molar refractivity (Wildman–Crippen MR) is 79.6 cm³/mol. The number of hydrogen-bond acceptors (Lipinski definition) is 1. The van der Waals surface area contributed by atoms with Crippen LogP contribution in [-0.2, 0) is 6.54 Å². The Hall–Kier alpha value is -0.120. The van der Waals surface area contributed by atoms with Crippen LogP contribution >= 0.6 is 27.5 Å². The van der Waals surface area contributed by atoms with Crippen LogP contribution in [0.25, 0.3) is 0 Å². The summed E-state index contributed by atoms with van der Waals surface area (Å²) in [4.78, 5) is 2.26. The van der Waals surface area contributed by atoms with E-state index in [4.69, 9.17) is 11.6 Å². The van der Waals surface area contributed by atoms with Crippen LogP contribution in [0, 0.1) is 5.82 Å². The Kier molecular flexibility index (Phi) is 7.20.